The van der Waals surface area contributed by atoms with E-state index in [1.807, 2.05) is 6.92 Å². The molecule has 1 amide bonds. The van der Waals surface area contributed by atoms with Crippen LogP contribution in [-0.4, -0.2) is 37.8 Å². The Morgan fingerprint density at radius 1 is 1.21 bits per heavy atom. The van der Waals surface area contributed by atoms with Gasteiger partial charge in [0.05, 0.1) is 4.90 Å². The number of carbonyl (C=O) groups is 1. The molecule has 134 valence electrons. The second kappa shape index (κ2) is 8.62. The summed E-state index contributed by atoms with van der Waals surface area (Å²) in [6.45, 7) is 5.15. The van der Waals surface area contributed by atoms with E-state index >= 15 is 0 Å². The van der Waals surface area contributed by atoms with Gasteiger partial charge in [0.15, 0.2) is 0 Å². The Hall–Kier alpha value is -1.40. The molecule has 1 fully saturated rings. The molecule has 1 N–H and O–H groups in total. The van der Waals surface area contributed by atoms with Crippen molar-refractivity contribution in [2.45, 2.75) is 63.3 Å². The van der Waals surface area contributed by atoms with Gasteiger partial charge in [0.1, 0.15) is 0 Å². The molecule has 1 aliphatic heterocycles. The summed E-state index contributed by atoms with van der Waals surface area (Å²) in [5.74, 6) is -0.219. The summed E-state index contributed by atoms with van der Waals surface area (Å²) >= 11 is 0. The third kappa shape index (κ3) is 4.80. The van der Waals surface area contributed by atoms with Crippen molar-refractivity contribution < 1.29 is 13.2 Å². The van der Waals surface area contributed by atoms with Crippen LogP contribution in [0, 0.1) is 0 Å². The summed E-state index contributed by atoms with van der Waals surface area (Å²) in [7, 11) is -3.53. The molecule has 1 atom stereocenters. The molecule has 6 heteroatoms. The van der Waals surface area contributed by atoms with Crippen molar-refractivity contribution in [1.29, 1.82) is 0 Å². The number of nitrogens with one attached hydrogen (secondary N) is 1. The van der Waals surface area contributed by atoms with Crippen LogP contribution in [-0.2, 0) is 10.0 Å². The Labute approximate surface area is 145 Å². The first kappa shape index (κ1) is 18.9. The lowest BCUT2D eigenvalue weighted by molar-refractivity contribution is 0.0938. The molecule has 0 saturated carbocycles. The van der Waals surface area contributed by atoms with Gasteiger partial charge in [-0.2, -0.15) is 4.31 Å². The lowest BCUT2D eigenvalue weighted by atomic mass is 10.1. The van der Waals surface area contributed by atoms with Gasteiger partial charge in [-0.25, -0.2) is 8.42 Å². The Balaban J connectivity index is 2.18. The van der Waals surface area contributed by atoms with Crippen LogP contribution >= 0.6 is 0 Å². The zero-order valence-electron chi connectivity index (χ0n) is 14.6. The van der Waals surface area contributed by atoms with Gasteiger partial charge in [-0.05, 0) is 44.4 Å². The average Bonchev–Trinajstić information content (AvgIpc) is 2.85. The van der Waals surface area contributed by atoms with E-state index in [9.17, 15) is 13.2 Å². The molecule has 0 aromatic heterocycles. The van der Waals surface area contributed by atoms with Crippen molar-refractivity contribution in [1.82, 2.24) is 9.62 Å². The monoisotopic (exact) mass is 352 g/mol. The molecule has 0 spiro atoms. The minimum atomic E-state index is -3.53. The first-order valence-electron chi connectivity index (χ1n) is 8.86. The van der Waals surface area contributed by atoms with Crippen LogP contribution in [0.15, 0.2) is 29.2 Å². The van der Waals surface area contributed by atoms with E-state index in [-0.39, 0.29) is 16.8 Å². The van der Waals surface area contributed by atoms with Gasteiger partial charge in [0.25, 0.3) is 5.91 Å². The zero-order valence-corrected chi connectivity index (χ0v) is 15.4. The van der Waals surface area contributed by atoms with Crippen LogP contribution in [0.25, 0.3) is 0 Å². The highest BCUT2D eigenvalue weighted by atomic mass is 32.2. The van der Waals surface area contributed by atoms with Crippen molar-refractivity contribution in [3.63, 3.8) is 0 Å². The maximum absolute atomic E-state index is 12.8. The second-order valence-corrected chi connectivity index (χ2v) is 8.45. The first-order valence-corrected chi connectivity index (χ1v) is 10.3. The predicted octanol–water partition coefficient (Wildman–Crippen LogP) is 3.17. The van der Waals surface area contributed by atoms with E-state index in [0.717, 1.165) is 38.5 Å². The molecular formula is C18H28N2O3S. The lowest BCUT2D eigenvalue weighted by Gasteiger charge is -2.20. The number of hydrogen-bond acceptors (Lipinski definition) is 3. The third-order valence-corrected chi connectivity index (χ3v) is 6.29. The third-order valence-electron chi connectivity index (χ3n) is 4.40. The summed E-state index contributed by atoms with van der Waals surface area (Å²) < 4.78 is 27.2. The molecule has 5 nitrogen and oxygen atoms in total. The van der Waals surface area contributed by atoms with Crippen molar-refractivity contribution in [3.8, 4) is 0 Å². The van der Waals surface area contributed by atoms with Gasteiger partial charge in [-0.15, -0.1) is 0 Å². The van der Waals surface area contributed by atoms with Crippen molar-refractivity contribution in [3.05, 3.63) is 29.8 Å². The highest BCUT2D eigenvalue weighted by Crippen LogP contribution is 2.21. The van der Waals surface area contributed by atoms with Crippen LogP contribution in [0.3, 0.4) is 0 Å². The largest absolute Gasteiger partial charge is 0.350 e. The maximum Gasteiger partial charge on any atom is 0.251 e. The zero-order chi connectivity index (χ0) is 17.6. The summed E-state index contributed by atoms with van der Waals surface area (Å²) in [6.07, 6.45) is 5.83. The predicted molar refractivity (Wildman–Crippen MR) is 95.5 cm³/mol. The molecule has 1 aromatic rings. The van der Waals surface area contributed by atoms with Gasteiger partial charge in [-0.1, -0.05) is 32.3 Å². The number of benzene rings is 1. The van der Waals surface area contributed by atoms with Crippen LogP contribution < -0.4 is 5.32 Å². The quantitative estimate of drug-likeness (QED) is 0.855. The molecule has 1 aromatic carbocycles. The molecule has 0 radical (unpaired) electrons. The summed E-state index contributed by atoms with van der Waals surface area (Å²) in [5, 5.41) is 2.92. The number of hydrogen-bond donors (Lipinski definition) is 1. The topological polar surface area (TPSA) is 66.5 Å². The van der Waals surface area contributed by atoms with Crippen molar-refractivity contribution >= 4 is 15.9 Å². The van der Waals surface area contributed by atoms with E-state index in [4.69, 9.17) is 0 Å². The number of nitrogens with zero attached hydrogens (tertiary/aromatic N) is 1. The van der Waals surface area contributed by atoms with Crippen LogP contribution in [0.2, 0.25) is 0 Å². The number of sulfonamides is 1. The van der Waals surface area contributed by atoms with Crippen LogP contribution in [0.1, 0.15) is 62.7 Å². The molecule has 2 rings (SSSR count). The molecule has 0 bridgehead atoms. The van der Waals surface area contributed by atoms with Crippen LogP contribution in [0.4, 0.5) is 0 Å². The normalized spacial score (nSPS) is 17.9. The van der Waals surface area contributed by atoms with E-state index in [1.54, 1.807) is 22.5 Å². The molecule has 1 heterocycles. The maximum atomic E-state index is 12.8. The fraction of sp³-hybridized carbons (Fsp3) is 0.611. The summed E-state index contributed by atoms with van der Waals surface area (Å²) in [5.41, 5.74) is 0.397. The second-order valence-electron chi connectivity index (χ2n) is 6.51. The SMILES string of the molecule is CCC[C@@H](C)NC(=O)c1cccc(S(=O)(=O)N2CCCCCC2)c1. The Kier molecular flexibility index (Phi) is 6.80. The van der Waals surface area contributed by atoms with Gasteiger partial charge < -0.3 is 5.32 Å². The lowest BCUT2D eigenvalue weighted by Crippen LogP contribution is -2.33. The number of rotatable bonds is 6. The molecule has 0 aliphatic carbocycles. The minimum Gasteiger partial charge on any atom is -0.350 e. The van der Waals surface area contributed by atoms with E-state index in [0.29, 0.717) is 18.7 Å². The van der Waals surface area contributed by atoms with Crippen molar-refractivity contribution in [2.24, 2.45) is 0 Å². The van der Waals surface area contributed by atoms with E-state index in [1.165, 1.54) is 6.07 Å². The highest BCUT2D eigenvalue weighted by molar-refractivity contribution is 7.89. The van der Waals surface area contributed by atoms with Crippen LogP contribution in [0.5, 0.6) is 0 Å². The van der Waals surface area contributed by atoms with Gasteiger partial charge in [0.2, 0.25) is 10.0 Å². The standard InChI is InChI=1S/C18H28N2O3S/c1-3-9-15(2)19-18(21)16-10-8-11-17(14-16)24(22,23)20-12-6-4-5-7-13-20/h8,10-11,14-15H,3-7,9,12-13H2,1-2H3,(H,19,21)/t15-/m1/s1. The Bertz CT molecular complexity index is 650. The molecule has 1 saturated heterocycles. The molecular weight excluding hydrogens is 324 g/mol. The number of amides is 1. The van der Waals surface area contributed by atoms with Gasteiger partial charge in [-0.3, -0.25) is 4.79 Å². The molecule has 24 heavy (non-hydrogen) atoms. The highest BCUT2D eigenvalue weighted by Gasteiger charge is 2.25. The molecule has 1 aliphatic rings. The Morgan fingerprint density at radius 3 is 2.50 bits per heavy atom. The number of carbonyl (C=O) groups excluding carboxylic acids is 1. The van der Waals surface area contributed by atoms with E-state index < -0.39 is 10.0 Å². The smallest absolute Gasteiger partial charge is 0.251 e. The fourth-order valence-corrected chi connectivity index (χ4v) is 4.60. The Morgan fingerprint density at radius 2 is 1.88 bits per heavy atom. The van der Waals surface area contributed by atoms with Gasteiger partial charge >= 0.3 is 0 Å². The van der Waals surface area contributed by atoms with E-state index in [2.05, 4.69) is 12.2 Å². The minimum absolute atomic E-state index is 0.0772. The average molecular weight is 353 g/mol. The first-order chi connectivity index (χ1) is 11.4. The molecule has 0 unspecified atom stereocenters. The fourth-order valence-electron chi connectivity index (χ4n) is 3.04. The summed E-state index contributed by atoms with van der Waals surface area (Å²) in [4.78, 5) is 12.5. The van der Waals surface area contributed by atoms with Crippen molar-refractivity contribution in [2.75, 3.05) is 13.1 Å². The van der Waals surface area contributed by atoms with Gasteiger partial charge in [0, 0.05) is 24.7 Å². The summed E-state index contributed by atoms with van der Waals surface area (Å²) in [6, 6.07) is 6.45.